The van der Waals surface area contributed by atoms with Crippen LogP contribution < -0.4 is 10.1 Å². The fourth-order valence-electron chi connectivity index (χ4n) is 3.05. The number of fused-ring (bicyclic) bond motifs is 2. The summed E-state index contributed by atoms with van der Waals surface area (Å²) in [6.45, 7) is 4.52. The van der Waals surface area contributed by atoms with Crippen molar-refractivity contribution in [2.45, 2.75) is 30.4 Å². The summed E-state index contributed by atoms with van der Waals surface area (Å²) >= 11 is 1.40. The average molecular weight is 487 g/mol. The van der Waals surface area contributed by atoms with Crippen LogP contribution in [-0.4, -0.2) is 47.8 Å². The van der Waals surface area contributed by atoms with Gasteiger partial charge in [0.1, 0.15) is 5.82 Å². The third-order valence-electron chi connectivity index (χ3n) is 4.83. The van der Waals surface area contributed by atoms with E-state index in [0.29, 0.717) is 16.0 Å². The molecule has 9 nitrogen and oxygen atoms in total. The molecule has 0 bridgehead atoms. The number of sulfone groups is 1. The van der Waals surface area contributed by atoms with Gasteiger partial charge >= 0.3 is 12.0 Å². The van der Waals surface area contributed by atoms with Gasteiger partial charge in [0.15, 0.2) is 21.6 Å². The molecule has 0 aliphatic carbocycles. The molecule has 0 saturated heterocycles. The summed E-state index contributed by atoms with van der Waals surface area (Å²) in [4.78, 5) is 24.9. The van der Waals surface area contributed by atoms with Gasteiger partial charge in [-0.05, 0) is 45.0 Å². The van der Waals surface area contributed by atoms with Gasteiger partial charge in [0.05, 0.1) is 37.9 Å². The lowest BCUT2D eigenvalue weighted by atomic mass is 10.2. The molecule has 4 rings (SSSR count). The number of nitrogens with one attached hydrogen (secondary N) is 1. The summed E-state index contributed by atoms with van der Waals surface area (Å²) in [5.41, 5.74) is 1.15. The molecule has 0 saturated carbocycles. The number of ether oxygens (including phenoxy) is 2. The summed E-state index contributed by atoms with van der Waals surface area (Å²) in [6.07, 6.45) is 0. The molecule has 4 aromatic rings. The number of anilines is 2. The molecule has 0 radical (unpaired) electrons. The predicted octanol–water partition coefficient (Wildman–Crippen LogP) is 4.11. The average Bonchev–Trinajstić information content (AvgIpc) is 3.18. The highest BCUT2D eigenvalue weighted by Crippen LogP contribution is 2.37. The van der Waals surface area contributed by atoms with Gasteiger partial charge in [-0.2, -0.15) is 9.97 Å². The first kappa shape index (κ1) is 22.9. The Morgan fingerprint density at radius 2 is 1.76 bits per heavy atom. The minimum absolute atomic E-state index is 0.0932. The quantitative estimate of drug-likeness (QED) is 0.401. The lowest BCUT2D eigenvalue weighted by molar-refractivity contribution is -0.143. The Labute approximate surface area is 194 Å². The van der Waals surface area contributed by atoms with E-state index >= 15 is 0 Å². The maximum absolute atomic E-state index is 13.4. The van der Waals surface area contributed by atoms with Crippen molar-refractivity contribution in [3.63, 3.8) is 0 Å². The van der Waals surface area contributed by atoms with Gasteiger partial charge in [-0.3, -0.25) is 0 Å². The second-order valence-electron chi connectivity index (χ2n) is 8.10. The van der Waals surface area contributed by atoms with Gasteiger partial charge in [0.2, 0.25) is 0 Å². The molecular weight excluding hydrogens is 464 g/mol. The SMILES string of the molecule is COC(=O)COc1nc(Nc2nc3ccccc3s2)c2c(S(=O)(=O)C(C)(C)C)cccc2n1. The highest BCUT2D eigenvalue weighted by Gasteiger charge is 2.33. The molecular formula is C22H22N4O5S2. The zero-order chi connectivity index (χ0) is 23.8. The molecule has 0 atom stereocenters. The van der Waals surface area contributed by atoms with E-state index in [-0.39, 0.29) is 23.3 Å². The number of carbonyl (C=O) groups is 1. The van der Waals surface area contributed by atoms with Gasteiger partial charge in [0.25, 0.3) is 0 Å². The van der Waals surface area contributed by atoms with Crippen molar-refractivity contribution < 1.29 is 22.7 Å². The van der Waals surface area contributed by atoms with Crippen LogP contribution in [0.5, 0.6) is 6.01 Å². The Kier molecular flexibility index (Phi) is 5.93. The Balaban J connectivity index is 1.90. The Morgan fingerprint density at radius 3 is 2.45 bits per heavy atom. The smallest absolute Gasteiger partial charge is 0.344 e. The third kappa shape index (κ3) is 4.46. The van der Waals surface area contributed by atoms with Crippen molar-refractivity contribution in [2.75, 3.05) is 19.0 Å². The van der Waals surface area contributed by atoms with Crippen LogP contribution in [0.4, 0.5) is 10.9 Å². The number of hydrogen-bond donors (Lipinski definition) is 1. The van der Waals surface area contributed by atoms with Crippen LogP contribution in [-0.2, 0) is 19.4 Å². The fraction of sp³-hybridized carbons (Fsp3) is 0.273. The number of rotatable bonds is 6. The van der Waals surface area contributed by atoms with Crippen molar-refractivity contribution in [3.05, 3.63) is 42.5 Å². The number of thiazole rings is 1. The minimum Gasteiger partial charge on any atom is -0.466 e. The van der Waals surface area contributed by atoms with E-state index in [0.717, 1.165) is 10.2 Å². The maximum atomic E-state index is 13.4. The van der Waals surface area contributed by atoms with E-state index in [4.69, 9.17) is 4.74 Å². The van der Waals surface area contributed by atoms with Gasteiger partial charge in [-0.1, -0.05) is 29.5 Å². The number of nitrogens with zero attached hydrogens (tertiary/aromatic N) is 3. The molecule has 0 fully saturated rings. The lowest BCUT2D eigenvalue weighted by Crippen LogP contribution is -2.28. The minimum atomic E-state index is -3.74. The normalized spacial score (nSPS) is 12.1. The first-order chi connectivity index (χ1) is 15.6. The summed E-state index contributed by atoms with van der Waals surface area (Å²) in [6, 6.07) is 12.3. The van der Waals surface area contributed by atoms with Crippen molar-refractivity contribution in [1.29, 1.82) is 0 Å². The molecule has 1 N–H and O–H groups in total. The van der Waals surface area contributed by atoms with Gasteiger partial charge in [-0.15, -0.1) is 0 Å². The lowest BCUT2D eigenvalue weighted by Gasteiger charge is -2.21. The predicted molar refractivity (Wildman–Crippen MR) is 127 cm³/mol. The second-order valence-corrected chi connectivity index (χ2v) is 11.8. The van der Waals surface area contributed by atoms with Gasteiger partial charge < -0.3 is 14.8 Å². The highest BCUT2D eigenvalue weighted by molar-refractivity contribution is 7.93. The Morgan fingerprint density at radius 1 is 1.03 bits per heavy atom. The molecule has 0 amide bonds. The van der Waals surface area contributed by atoms with E-state index in [2.05, 4.69) is 25.0 Å². The zero-order valence-electron chi connectivity index (χ0n) is 18.4. The maximum Gasteiger partial charge on any atom is 0.344 e. The Bertz CT molecular complexity index is 1430. The van der Waals surface area contributed by atoms with Crippen LogP contribution in [0.1, 0.15) is 20.8 Å². The van der Waals surface area contributed by atoms with Crippen LogP contribution in [0.25, 0.3) is 21.1 Å². The number of hydrogen-bond acceptors (Lipinski definition) is 10. The van der Waals surface area contributed by atoms with E-state index < -0.39 is 20.6 Å². The van der Waals surface area contributed by atoms with Crippen molar-refractivity contribution in [2.24, 2.45) is 0 Å². The number of methoxy groups -OCH3 is 1. The molecule has 0 aliphatic rings. The fourth-order valence-corrected chi connectivity index (χ4v) is 5.30. The van der Waals surface area contributed by atoms with Crippen LogP contribution in [0.2, 0.25) is 0 Å². The van der Waals surface area contributed by atoms with E-state index in [1.807, 2.05) is 24.3 Å². The molecule has 11 heteroatoms. The largest absolute Gasteiger partial charge is 0.466 e. The van der Waals surface area contributed by atoms with Crippen molar-refractivity contribution in [1.82, 2.24) is 15.0 Å². The van der Waals surface area contributed by atoms with Crippen LogP contribution in [0.15, 0.2) is 47.4 Å². The van der Waals surface area contributed by atoms with Crippen molar-refractivity contribution >= 4 is 59.2 Å². The summed E-state index contributed by atoms with van der Waals surface area (Å²) < 4.78 is 36.6. The zero-order valence-corrected chi connectivity index (χ0v) is 20.1. The first-order valence-corrected chi connectivity index (χ1v) is 12.3. The van der Waals surface area contributed by atoms with Crippen LogP contribution in [0, 0.1) is 0 Å². The standard InChI is InChI=1S/C22H22N4O5S2/c1-22(2,3)33(28,29)16-11-7-9-14-18(16)19(25-20(23-14)31-12-17(27)30-4)26-21-24-13-8-5-6-10-15(13)32-21/h5-11H,12H2,1-4H3,(H,23,24,25,26). The number of carbonyl (C=O) groups excluding carboxylic acids is 1. The first-order valence-electron chi connectivity index (χ1n) is 9.98. The molecule has 0 spiro atoms. The Hall–Kier alpha value is -3.31. The highest BCUT2D eigenvalue weighted by atomic mass is 32.2. The van der Waals surface area contributed by atoms with Gasteiger partial charge in [-0.25, -0.2) is 18.2 Å². The molecule has 0 aliphatic heterocycles. The van der Waals surface area contributed by atoms with E-state index in [9.17, 15) is 13.2 Å². The van der Waals surface area contributed by atoms with Gasteiger partial charge in [0, 0.05) is 0 Å². The summed E-state index contributed by atoms with van der Waals surface area (Å²) in [5, 5.41) is 3.98. The summed E-state index contributed by atoms with van der Waals surface area (Å²) in [7, 11) is -2.49. The van der Waals surface area contributed by atoms with E-state index in [1.54, 1.807) is 32.9 Å². The van der Waals surface area contributed by atoms with Crippen LogP contribution in [0.3, 0.4) is 0 Å². The van der Waals surface area contributed by atoms with E-state index in [1.165, 1.54) is 24.5 Å². The molecule has 0 unspecified atom stereocenters. The third-order valence-corrected chi connectivity index (χ3v) is 8.31. The second kappa shape index (κ2) is 8.56. The topological polar surface area (TPSA) is 120 Å². The molecule has 2 heterocycles. The number of para-hydroxylation sites is 1. The molecule has 2 aromatic carbocycles. The number of aromatic nitrogens is 3. The monoisotopic (exact) mass is 486 g/mol. The molecule has 2 aromatic heterocycles. The van der Waals surface area contributed by atoms with Crippen molar-refractivity contribution in [3.8, 4) is 6.01 Å². The number of benzene rings is 2. The number of esters is 1. The molecule has 172 valence electrons. The van der Waals surface area contributed by atoms with Crippen LogP contribution >= 0.6 is 11.3 Å². The molecule has 33 heavy (non-hydrogen) atoms. The summed E-state index contributed by atoms with van der Waals surface area (Å²) in [5.74, 6) is -0.384.